The van der Waals surface area contributed by atoms with Crippen molar-refractivity contribution < 1.29 is 17.9 Å². The fraction of sp³-hybridized carbons (Fsp3) is 1.00. The minimum Gasteiger partial charge on any atom is -0.379 e. The summed E-state index contributed by atoms with van der Waals surface area (Å²) in [4.78, 5) is 0. The van der Waals surface area contributed by atoms with Gasteiger partial charge in [0.05, 0.1) is 6.10 Å². The molecule has 4 rings (SSSR count). The van der Waals surface area contributed by atoms with E-state index in [1.54, 1.807) is 0 Å². The minimum atomic E-state index is -1.89. The summed E-state index contributed by atoms with van der Waals surface area (Å²) in [7, 11) is 0. The van der Waals surface area contributed by atoms with Crippen LogP contribution in [0.5, 0.6) is 0 Å². The van der Waals surface area contributed by atoms with Gasteiger partial charge in [-0.3, -0.25) is 0 Å². The first-order valence-electron chi connectivity index (χ1n) is 12.1. The van der Waals surface area contributed by atoms with E-state index in [9.17, 15) is 13.2 Å². The Bertz CT molecular complexity index is 480. The van der Waals surface area contributed by atoms with Crippen molar-refractivity contribution in [2.24, 2.45) is 35.5 Å². The molecule has 162 valence electrons. The lowest BCUT2D eigenvalue weighted by atomic mass is 9.59. The Kier molecular flexibility index (Phi) is 6.95. The molecule has 0 bridgehead atoms. The quantitative estimate of drug-likeness (QED) is 0.502. The molecule has 4 aliphatic rings. The molecule has 0 radical (unpaired) electrons. The normalized spacial score (nSPS) is 50.1. The van der Waals surface area contributed by atoms with Crippen LogP contribution in [0.2, 0.25) is 0 Å². The summed E-state index contributed by atoms with van der Waals surface area (Å²) in [6.07, 6.45) is 8.52. The van der Waals surface area contributed by atoms with Gasteiger partial charge >= 0.3 is 0 Å². The van der Waals surface area contributed by atoms with Crippen LogP contribution >= 0.6 is 0 Å². The van der Waals surface area contributed by atoms with E-state index < -0.39 is 18.5 Å². The van der Waals surface area contributed by atoms with Crippen molar-refractivity contribution >= 4 is 0 Å². The van der Waals surface area contributed by atoms with Crippen LogP contribution in [0.1, 0.15) is 84.0 Å². The third-order valence-electron chi connectivity index (χ3n) is 8.90. The molecule has 0 spiro atoms. The molecule has 4 heteroatoms. The van der Waals surface area contributed by atoms with E-state index >= 15 is 0 Å². The van der Waals surface area contributed by atoms with Crippen LogP contribution in [-0.4, -0.2) is 31.2 Å². The molecular formula is C24H39F3O. The second-order valence-electron chi connectivity index (χ2n) is 10.4. The molecule has 28 heavy (non-hydrogen) atoms. The zero-order valence-electron chi connectivity index (χ0n) is 17.5. The van der Waals surface area contributed by atoms with Crippen LogP contribution in [-0.2, 0) is 4.74 Å². The van der Waals surface area contributed by atoms with Gasteiger partial charge in [0.25, 0.3) is 0 Å². The Labute approximate surface area is 169 Å². The first-order valence-corrected chi connectivity index (χ1v) is 12.1. The summed E-state index contributed by atoms with van der Waals surface area (Å²) in [6.45, 7) is 2.93. The maximum Gasteiger partial charge on any atom is 0.162 e. The van der Waals surface area contributed by atoms with Crippen molar-refractivity contribution in [3.8, 4) is 0 Å². The molecule has 0 saturated heterocycles. The first-order chi connectivity index (χ1) is 13.5. The predicted molar refractivity (Wildman–Crippen MR) is 106 cm³/mol. The summed E-state index contributed by atoms with van der Waals surface area (Å²) >= 11 is 0. The van der Waals surface area contributed by atoms with E-state index in [1.165, 1.54) is 51.4 Å². The van der Waals surface area contributed by atoms with E-state index in [0.29, 0.717) is 12.0 Å². The van der Waals surface area contributed by atoms with Gasteiger partial charge in [-0.2, -0.15) is 0 Å². The number of ether oxygens (including phenoxy) is 1. The van der Waals surface area contributed by atoms with Crippen LogP contribution in [0.3, 0.4) is 0 Å². The first kappa shape index (κ1) is 21.0. The fourth-order valence-electron chi connectivity index (χ4n) is 7.33. The molecule has 4 fully saturated rings. The molecule has 0 N–H and O–H groups in total. The third-order valence-corrected chi connectivity index (χ3v) is 8.90. The lowest BCUT2D eigenvalue weighted by Gasteiger charge is -2.47. The fourth-order valence-corrected chi connectivity index (χ4v) is 7.33. The van der Waals surface area contributed by atoms with Gasteiger partial charge in [-0.05, 0) is 119 Å². The molecule has 0 aliphatic heterocycles. The van der Waals surface area contributed by atoms with Crippen molar-refractivity contribution in [2.75, 3.05) is 6.61 Å². The largest absolute Gasteiger partial charge is 0.379 e. The zero-order chi connectivity index (χ0) is 19.7. The Morgan fingerprint density at radius 2 is 1.00 bits per heavy atom. The van der Waals surface area contributed by atoms with Crippen LogP contribution in [0.25, 0.3) is 0 Å². The van der Waals surface area contributed by atoms with E-state index in [1.807, 2.05) is 0 Å². The number of hydrogen-bond donors (Lipinski definition) is 0. The van der Waals surface area contributed by atoms with Gasteiger partial charge in [-0.1, -0.05) is 0 Å². The molecular weight excluding hydrogens is 361 g/mol. The predicted octanol–water partition coefficient (Wildman–Crippen LogP) is 6.84. The topological polar surface area (TPSA) is 9.23 Å². The second-order valence-corrected chi connectivity index (χ2v) is 10.4. The Hall–Kier alpha value is -0.250. The average Bonchev–Trinajstić information content (AvgIpc) is 2.71. The smallest absolute Gasteiger partial charge is 0.162 e. The van der Waals surface area contributed by atoms with Gasteiger partial charge in [0.1, 0.15) is 12.3 Å². The lowest BCUT2D eigenvalue weighted by molar-refractivity contribution is -0.0226. The number of halogens is 3. The summed E-state index contributed by atoms with van der Waals surface area (Å²) < 4.78 is 47.1. The minimum absolute atomic E-state index is 0.0597. The van der Waals surface area contributed by atoms with Crippen LogP contribution in [0.4, 0.5) is 13.2 Å². The van der Waals surface area contributed by atoms with Crippen LogP contribution in [0, 0.1) is 35.5 Å². The van der Waals surface area contributed by atoms with Gasteiger partial charge in [0.15, 0.2) is 6.17 Å². The highest BCUT2D eigenvalue weighted by Gasteiger charge is 2.45. The number of alkyl halides is 3. The van der Waals surface area contributed by atoms with Crippen LogP contribution in [0.15, 0.2) is 0 Å². The molecule has 0 aromatic rings. The van der Waals surface area contributed by atoms with E-state index in [-0.39, 0.29) is 18.8 Å². The summed E-state index contributed by atoms with van der Waals surface area (Å²) in [6, 6.07) is 0. The molecule has 6 atom stereocenters. The van der Waals surface area contributed by atoms with Gasteiger partial charge in [-0.15, -0.1) is 0 Å². The van der Waals surface area contributed by atoms with Crippen molar-refractivity contribution in [1.29, 1.82) is 0 Å². The molecule has 4 aliphatic carbocycles. The molecule has 0 aromatic heterocycles. The summed E-state index contributed by atoms with van der Waals surface area (Å²) in [5.74, 6) is 3.81. The number of hydrogen-bond acceptors (Lipinski definition) is 1. The summed E-state index contributed by atoms with van der Waals surface area (Å²) in [5.41, 5.74) is 0. The van der Waals surface area contributed by atoms with E-state index in [2.05, 4.69) is 6.92 Å². The Balaban J connectivity index is 1.26. The van der Waals surface area contributed by atoms with Gasteiger partial charge in [-0.25, -0.2) is 13.2 Å². The standard InChI is InChI=1S/C24H39F3O/c1-2-28-21-9-7-15(8-10-21)16-3-4-18-12-19(6-5-17(18)11-16)20-13-22(25)24(27)23(26)14-20/h15-24H,2-14H2,1H3. The third kappa shape index (κ3) is 4.57. The Morgan fingerprint density at radius 3 is 1.50 bits per heavy atom. The molecule has 4 saturated carbocycles. The van der Waals surface area contributed by atoms with Crippen molar-refractivity contribution in [2.45, 2.75) is 109 Å². The number of rotatable bonds is 4. The van der Waals surface area contributed by atoms with Gasteiger partial charge in [0.2, 0.25) is 0 Å². The highest BCUT2D eigenvalue weighted by molar-refractivity contribution is 4.94. The maximum atomic E-state index is 13.9. The van der Waals surface area contributed by atoms with Crippen molar-refractivity contribution in [3.05, 3.63) is 0 Å². The molecule has 1 nitrogen and oxygen atoms in total. The average molecular weight is 401 g/mol. The second kappa shape index (κ2) is 9.27. The lowest BCUT2D eigenvalue weighted by Crippen LogP contribution is -2.42. The molecule has 0 heterocycles. The van der Waals surface area contributed by atoms with Crippen LogP contribution < -0.4 is 0 Å². The van der Waals surface area contributed by atoms with Gasteiger partial charge in [0, 0.05) is 6.61 Å². The van der Waals surface area contributed by atoms with E-state index in [4.69, 9.17) is 4.74 Å². The van der Waals surface area contributed by atoms with Crippen molar-refractivity contribution in [3.63, 3.8) is 0 Å². The highest BCUT2D eigenvalue weighted by atomic mass is 19.2. The van der Waals surface area contributed by atoms with Gasteiger partial charge < -0.3 is 4.74 Å². The number of fused-ring (bicyclic) bond motifs is 1. The zero-order valence-corrected chi connectivity index (χ0v) is 17.5. The maximum absolute atomic E-state index is 13.9. The van der Waals surface area contributed by atoms with E-state index in [0.717, 1.165) is 43.1 Å². The summed E-state index contributed by atoms with van der Waals surface area (Å²) in [5, 5.41) is 0. The molecule has 0 aromatic carbocycles. The SMILES string of the molecule is CCOC1CCC(C2CCC3CC(C4CC(F)C(F)C(F)C4)CCC3C2)CC1. The Morgan fingerprint density at radius 1 is 0.571 bits per heavy atom. The monoisotopic (exact) mass is 400 g/mol. The highest BCUT2D eigenvalue weighted by Crippen LogP contribution is 2.51. The van der Waals surface area contributed by atoms with Crippen molar-refractivity contribution in [1.82, 2.24) is 0 Å². The molecule has 6 unspecified atom stereocenters. The molecule has 0 amide bonds.